The Labute approximate surface area is 114 Å². The Kier molecular flexibility index (Phi) is 3.60. The fourth-order valence-corrected chi connectivity index (χ4v) is 2.24. The predicted molar refractivity (Wildman–Crippen MR) is 69.7 cm³/mol. The van der Waals surface area contributed by atoms with E-state index in [9.17, 15) is 14.4 Å². The summed E-state index contributed by atoms with van der Waals surface area (Å²) in [5, 5.41) is 20.5. The summed E-state index contributed by atoms with van der Waals surface area (Å²) in [6, 6.07) is 3.70. The number of carbonyl (C=O) groups is 3. The SMILES string of the molecule is CN1c2ccc(C(=O)O)cc2CNC(=O)[C@@H]1CC(=O)O. The molecule has 1 heterocycles. The summed E-state index contributed by atoms with van der Waals surface area (Å²) in [7, 11) is 1.62. The highest BCUT2D eigenvalue weighted by Crippen LogP contribution is 2.26. The molecule has 7 heteroatoms. The first kappa shape index (κ1) is 13.9. The average Bonchev–Trinajstić information content (AvgIpc) is 2.50. The third kappa shape index (κ3) is 2.56. The molecular weight excluding hydrogens is 264 g/mol. The molecule has 0 radical (unpaired) electrons. The molecule has 1 aromatic carbocycles. The molecule has 0 unspecified atom stereocenters. The van der Waals surface area contributed by atoms with E-state index in [4.69, 9.17) is 10.2 Å². The van der Waals surface area contributed by atoms with Gasteiger partial charge in [-0.05, 0) is 23.8 Å². The molecule has 0 fully saturated rings. The number of aliphatic carboxylic acids is 1. The number of fused-ring (bicyclic) bond motifs is 1. The number of nitrogens with one attached hydrogen (secondary N) is 1. The van der Waals surface area contributed by atoms with E-state index in [0.717, 1.165) is 0 Å². The van der Waals surface area contributed by atoms with Crippen LogP contribution in [0, 0.1) is 0 Å². The van der Waals surface area contributed by atoms with Crippen molar-refractivity contribution in [3.05, 3.63) is 29.3 Å². The minimum absolute atomic E-state index is 0.128. The number of carboxylic acid groups (broad SMARTS) is 2. The molecular formula is C13H14N2O5. The largest absolute Gasteiger partial charge is 0.481 e. The zero-order chi connectivity index (χ0) is 14.9. The number of hydrogen-bond acceptors (Lipinski definition) is 4. The summed E-state index contributed by atoms with van der Waals surface area (Å²) in [6.07, 6.45) is -0.317. The number of benzene rings is 1. The first-order valence-corrected chi connectivity index (χ1v) is 5.98. The lowest BCUT2D eigenvalue weighted by Gasteiger charge is -2.26. The van der Waals surface area contributed by atoms with Gasteiger partial charge in [0.25, 0.3) is 0 Å². The molecule has 0 aliphatic carbocycles. The summed E-state index contributed by atoms with van der Waals surface area (Å²) in [5.74, 6) is -2.50. The molecule has 7 nitrogen and oxygen atoms in total. The van der Waals surface area contributed by atoms with Gasteiger partial charge in [0, 0.05) is 19.3 Å². The van der Waals surface area contributed by atoms with Crippen LogP contribution in [-0.4, -0.2) is 41.1 Å². The number of likely N-dealkylation sites (N-methyl/N-ethyl adjacent to an activating group) is 1. The van der Waals surface area contributed by atoms with Gasteiger partial charge < -0.3 is 20.4 Å². The first-order chi connectivity index (χ1) is 9.40. The highest BCUT2D eigenvalue weighted by Gasteiger charge is 2.30. The van der Waals surface area contributed by atoms with Crippen molar-refractivity contribution >= 4 is 23.5 Å². The van der Waals surface area contributed by atoms with Crippen LogP contribution in [0.1, 0.15) is 22.3 Å². The fourth-order valence-electron chi connectivity index (χ4n) is 2.24. The number of carboxylic acids is 2. The molecule has 1 aliphatic heterocycles. The molecule has 0 aromatic heterocycles. The maximum Gasteiger partial charge on any atom is 0.335 e. The summed E-state index contributed by atoms with van der Waals surface area (Å²) >= 11 is 0. The topological polar surface area (TPSA) is 107 Å². The zero-order valence-electron chi connectivity index (χ0n) is 10.8. The summed E-state index contributed by atoms with van der Waals surface area (Å²) in [6.45, 7) is 0.176. The normalized spacial score (nSPS) is 17.9. The Morgan fingerprint density at radius 3 is 2.70 bits per heavy atom. The molecule has 1 amide bonds. The van der Waals surface area contributed by atoms with Crippen LogP contribution in [0.25, 0.3) is 0 Å². The number of anilines is 1. The molecule has 1 atom stereocenters. The second-order valence-corrected chi connectivity index (χ2v) is 4.59. The highest BCUT2D eigenvalue weighted by molar-refractivity contribution is 5.92. The van der Waals surface area contributed by atoms with E-state index >= 15 is 0 Å². The Morgan fingerprint density at radius 1 is 1.40 bits per heavy atom. The quantitative estimate of drug-likeness (QED) is 0.733. The predicted octanol–water partition coefficient (Wildman–Crippen LogP) is 0.294. The maximum absolute atomic E-state index is 11.9. The molecule has 1 aliphatic rings. The van der Waals surface area contributed by atoms with Crippen LogP contribution in [0.5, 0.6) is 0 Å². The van der Waals surface area contributed by atoms with Crippen molar-refractivity contribution in [3.8, 4) is 0 Å². The van der Waals surface area contributed by atoms with Crippen molar-refractivity contribution in [1.82, 2.24) is 5.32 Å². The van der Waals surface area contributed by atoms with Crippen LogP contribution >= 0.6 is 0 Å². The van der Waals surface area contributed by atoms with Gasteiger partial charge in [0.2, 0.25) is 5.91 Å². The molecule has 3 N–H and O–H groups in total. The van der Waals surface area contributed by atoms with E-state index in [1.54, 1.807) is 18.0 Å². The van der Waals surface area contributed by atoms with Gasteiger partial charge in [-0.3, -0.25) is 9.59 Å². The van der Waals surface area contributed by atoms with Crippen LogP contribution in [0.3, 0.4) is 0 Å². The minimum atomic E-state index is -1.07. The van der Waals surface area contributed by atoms with Gasteiger partial charge in [-0.25, -0.2) is 4.79 Å². The number of amides is 1. The first-order valence-electron chi connectivity index (χ1n) is 5.98. The standard InChI is InChI=1S/C13H14N2O5/c1-15-9-3-2-7(13(19)20)4-8(9)6-14-12(18)10(15)5-11(16)17/h2-4,10H,5-6H2,1H3,(H,14,18)(H,16,17)(H,19,20)/t10-/m0/s1. The van der Waals surface area contributed by atoms with Gasteiger partial charge >= 0.3 is 11.9 Å². The smallest absolute Gasteiger partial charge is 0.335 e. The number of rotatable bonds is 3. The van der Waals surface area contributed by atoms with Gasteiger partial charge in [0.1, 0.15) is 6.04 Å². The van der Waals surface area contributed by atoms with Crippen molar-refractivity contribution in [1.29, 1.82) is 0 Å². The molecule has 0 saturated carbocycles. The third-order valence-electron chi connectivity index (χ3n) is 3.30. The van der Waals surface area contributed by atoms with Crippen molar-refractivity contribution in [2.75, 3.05) is 11.9 Å². The average molecular weight is 278 g/mol. The van der Waals surface area contributed by atoms with E-state index < -0.39 is 18.0 Å². The third-order valence-corrected chi connectivity index (χ3v) is 3.30. The highest BCUT2D eigenvalue weighted by atomic mass is 16.4. The number of nitrogens with zero attached hydrogens (tertiary/aromatic N) is 1. The van der Waals surface area contributed by atoms with E-state index in [-0.39, 0.29) is 24.4 Å². The van der Waals surface area contributed by atoms with E-state index in [1.165, 1.54) is 12.1 Å². The van der Waals surface area contributed by atoms with Crippen LogP contribution in [0.15, 0.2) is 18.2 Å². The van der Waals surface area contributed by atoms with E-state index in [0.29, 0.717) is 11.3 Å². The molecule has 0 spiro atoms. The number of aromatic carboxylic acids is 1. The summed E-state index contributed by atoms with van der Waals surface area (Å²) in [5.41, 5.74) is 1.43. The minimum Gasteiger partial charge on any atom is -0.481 e. The Hall–Kier alpha value is -2.57. The van der Waals surface area contributed by atoms with Gasteiger partial charge in [-0.2, -0.15) is 0 Å². The van der Waals surface area contributed by atoms with Crippen molar-refractivity contribution in [2.45, 2.75) is 19.0 Å². The lowest BCUT2D eigenvalue weighted by Crippen LogP contribution is -2.44. The van der Waals surface area contributed by atoms with Crippen LogP contribution < -0.4 is 10.2 Å². The van der Waals surface area contributed by atoms with Crippen molar-refractivity contribution in [3.63, 3.8) is 0 Å². The maximum atomic E-state index is 11.9. The Balaban J connectivity index is 2.41. The Bertz CT molecular complexity index is 584. The zero-order valence-corrected chi connectivity index (χ0v) is 10.8. The fraction of sp³-hybridized carbons (Fsp3) is 0.308. The van der Waals surface area contributed by atoms with E-state index in [1.807, 2.05) is 0 Å². The monoisotopic (exact) mass is 278 g/mol. The summed E-state index contributed by atoms with van der Waals surface area (Å²) < 4.78 is 0. The molecule has 106 valence electrons. The van der Waals surface area contributed by atoms with Crippen molar-refractivity contribution in [2.24, 2.45) is 0 Å². The lowest BCUT2D eigenvalue weighted by atomic mass is 10.1. The number of carbonyl (C=O) groups excluding carboxylic acids is 1. The van der Waals surface area contributed by atoms with Crippen molar-refractivity contribution < 1.29 is 24.6 Å². The van der Waals surface area contributed by atoms with Gasteiger partial charge in [-0.15, -0.1) is 0 Å². The van der Waals surface area contributed by atoms with Crippen LogP contribution in [0.2, 0.25) is 0 Å². The molecule has 0 bridgehead atoms. The lowest BCUT2D eigenvalue weighted by molar-refractivity contribution is -0.139. The Morgan fingerprint density at radius 2 is 2.10 bits per heavy atom. The summed E-state index contributed by atoms with van der Waals surface area (Å²) in [4.78, 5) is 35.3. The van der Waals surface area contributed by atoms with Crippen LogP contribution in [-0.2, 0) is 16.1 Å². The van der Waals surface area contributed by atoms with Gasteiger partial charge in [0.05, 0.1) is 12.0 Å². The molecule has 1 aromatic rings. The van der Waals surface area contributed by atoms with Crippen LogP contribution in [0.4, 0.5) is 5.69 Å². The second-order valence-electron chi connectivity index (χ2n) is 4.59. The van der Waals surface area contributed by atoms with Gasteiger partial charge in [-0.1, -0.05) is 0 Å². The number of hydrogen-bond donors (Lipinski definition) is 3. The molecule has 20 heavy (non-hydrogen) atoms. The van der Waals surface area contributed by atoms with Gasteiger partial charge in [0.15, 0.2) is 0 Å². The van der Waals surface area contributed by atoms with E-state index in [2.05, 4.69) is 5.32 Å². The second kappa shape index (κ2) is 5.20. The molecule has 0 saturated heterocycles. The molecule has 2 rings (SSSR count).